The van der Waals surface area contributed by atoms with E-state index in [9.17, 15) is 23.3 Å². The monoisotopic (exact) mass is 649 g/mol. The van der Waals surface area contributed by atoms with E-state index in [1.54, 1.807) is 30.3 Å². The molecule has 1 amide bonds. The van der Waals surface area contributed by atoms with E-state index in [2.05, 4.69) is 26.0 Å². The second-order valence-corrected chi connectivity index (χ2v) is 12.5. The number of thiazole rings is 1. The first kappa shape index (κ1) is 28.1. The van der Waals surface area contributed by atoms with Crippen LogP contribution in [0, 0.1) is 10.1 Å². The van der Waals surface area contributed by atoms with Crippen molar-refractivity contribution in [1.82, 2.24) is 4.98 Å². The van der Waals surface area contributed by atoms with Gasteiger partial charge in [0, 0.05) is 29.2 Å². The van der Waals surface area contributed by atoms with Crippen LogP contribution in [0.5, 0.6) is 0 Å². The molecule has 0 bridgehead atoms. The molecule has 0 aliphatic heterocycles. The van der Waals surface area contributed by atoms with Crippen LogP contribution in [-0.2, 0) is 10.0 Å². The van der Waals surface area contributed by atoms with E-state index in [-0.39, 0.29) is 16.1 Å². The molecule has 0 aliphatic rings. The second-order valence-electron chi connectivity index (χ2n) is 8.65. The Kier molecular flexibility index (Phi) is 7.92. The van der Waals surface area contributed by atoms with E-state index in [0.717, 1.165) is 14.2 Å². The number of carbonyl (C=O) groups is 1. The normalized spacial score (nSPS) is 11.6. The van der Waals surface area contributed by atoms with Gasteiger partial charge < -0.3 is 0 Å². The summed E-state index contributed by atoms with van der Waals surface area (Å²) >= 11 is 4.69. The lowest BCUT2D eigenvalue weighted by Crippen LogP contribution is -2.27. The number of hydrogen-bond donors (Lipinski definition) is 0. The highest BCUT2D eigenvalue weighted by Gasteiger charge is 2.24. The molecule has 206 valence electrons. The zero-order valence-corrected chi connectivity index (χ0v) is 24.5. The highest BCUT2D eigenvalue weighted by molar-refractivity contribution is 9.10. The lowest BCUT2D eigenvalue weighted by molar-refractivity contribution is -0.384. The van der Waals surface area contributed by atoms with Gasteiger partial charge in [-0.3, -0.25) is 19.2 Å². The number of sulfonamides is 1. The zero-order valence-electron chi connectivity index (χ0n) is 21.3. The molecular weight excluding hydrogens is 630 g/mol. The highest BCUT2D eigenvalue weighted by atomic mass is 79.9. The number of nitro benzene ring substituents is 1. The smallest absolute Gasteiger partial charge is 0.269 e. The summed E-state index contributed by atoms with van der Waals surface area (Å²) in [5, 5.41) is 16.8. The Morgan fingerprint density at radius 2 is 1.68 bits per heavy atom. The van der Waals surface area contributed by atoms with Crippen molar-refractivity contribution in [1.29, 1.82) is 0 Å². The number of amides is 1. The molecule has 0 unspecified atom stereocenters. The average Bonchev–Trinajstić information content (AvgIpc) is 3.40. The molecule has 0 saturated heterocycles. The maximum atomic E-state index is 13.7. The van der Waals surface area contributed by atoms with Crippen molar-refractivity contribution in [2.75, 3.05) is 16.4 Å². The standard InChI is InChI=1S/C28H20BrN5O5S2/c1-32(22-5-3-2-4-6-22)41(38,39)24-14-9-20(10-15-24)27(35)33(28-31-25-16-11-21(29)17-26(25)40-28)30-18-19-7-12-23(13-8-19)34(36)37/h2-18H,1H3/b30-18+. The Labute approximate surface area is 247 Å². The first-order valence-corrected chi connectivity index (χ1v) is 15.0. The van der Waals surface area contributed by atoms with Gasteiger partial charge in [0.05, 0.1) is 31.9 Å². The van der Waals surface area contributed by atoms with Crippen LogP contribution in [0.3, 0.4) is 0 Å². The quantitative estimate of drug-likeness (QED) is 0.108. The third-order valence-electron chi connectivity index (χ3n) is 6.02. The predicted molar refractivity (Wildman–Crippen MR) is 163 cm³/mol. The molecule has 10 nitrogen and oxygen atoms in total. The van der Waals surface area contributed by atoms with Crippen molar-refractivity contribution in [3.05, 3.63) is 123 Å². The van der Waals surface area contributed by atoms with Gasteiger partial charge in [0.1, 0.15) is 0 Å². The maximum Gasteiger partial charge on any atom is 0.280 e. The van der Waals surface area contributed by atoms with Crippen LogP contribution < -0.4 is 9.31 Å². The number of non-ortho nitro benzene ring substituents is 1. The van der Waals surface area contributed by atoms with Crippen molar-refractivity contribution in [2.45, 2.75) is 4.90 Å². The molecule has 0 aliphatic carbocycles. The molecule has 0 fully saturated rings. The summed E-state index contributed by atoms with van der Waals surface area (Å²) in [5.41, 5.74) is 1.82. The molecular formula is C28H20BrN5O5S2. The minimum absolute atomic E-state index is 0.0196. The number of benzene rings is 4. The van der Waals surface area contributed by atoms with Gasteiger partial charge in [-0.25, -0.2) is 13.4 Å². The van der Waals surface area contributed by atoms with E-state index in [1.165, 1.54) is 77.4 Å². The van der Waals surface area contributed by atoms with E-state index in [1.807, 2.05) is 18.2 Å². The van der Waals surface area contributed by atoms with Crippen molar-refractivity contribution >= 4 is 76.1 Å². The number of fused-ring (bicyclic) bond motifs is 1. The number of carbonyl (C=O) groups excluding carboxylic acids is 1. The van der Waals surface area contributed by atoms with Crippen molar-refractivity contribution in [3.63, 3.8) is 0 Å². The summed E-state index contributed by atoms with van der Waals surface area (Å²) in [6.45, 7) is 0. The number of anilines is 2. The van der Waals surface area contributed by atoms with Crippen LogP contribution >= 0.6 is 27.3 Å². The SMILES string of the molecule is CN(c1ccccc1)S(=O)(=O)c1ccc(C(=O)N(/N=C/c2ccc([N+](=O)[O-])cc2)c2nc3ccc(Br)cc3s2)cc1. The zero-order chi connectivity index (χ0) is 29.1. The van der Waals surface area contributed by atoms with E-state index in [0.29, 0.717) is 21.9 Å². The number of aromatic nitrogens is 1. The lowest BCUT2D eigenvalue weighted by Gasteiger charge is -2.19. The van der Waals surface area contributed by atoms with E-state index in [4.69, 9.17) is 0 Å². The number of para-hydroxylation sites is 1. The fourth-order valence-corrected chi connectivity index (χ4v) is 6.47. The van der Waals surface area contributed by atoms with Crippen LogP contribution in [0.25, 0.3) is 10.2 Å². The van der Waals surface area contributed by atoms with Gasteiger partial charge in [0.2, 0.25) is 5.13 Å². The van der Waals surface area contributed by atoms with Crippen LogP contribution in [-0.4, -0.2) is 37.5 Å². The Balaban J connectivity index is 1.48. The average molecular weight is 651 g/mol. The Bertz CT molecular complexity index is 1880. The van der Waals surface area contributed by atoms with E-state index < -0.39 is 20.9 Å². The molecule has 41 heavy (non-hydrogen) atoms. The summed E-state index contributed by atoms with van der Waals surface area (Å²) in [4.78, 5) is 28.8. The fourth-order valence-electron chi connectivity index (χ4n) is 3.80. The van der Waals surface area contributed by atoms with Gasteiger partial charge in [0.15, 0.2) is 0 Å². The third-order valence-corrected chi connectivity index (χ3v) is 9.31. The molecule has 5 aromatic rings. The maximum absolute atomic E-state index is 13.7. The van der Waals surface area contributed by atoms with Crippen molar-refractivity contribution in [3.8, 4) is 0 Å². The number of nitrogens with zero attached hydrogens (tertiary/aromatic N) is 5. The van der Waals surface area contributed by atoms with Gasteiger partial charge in [-0.1, -0.05) is 45.5 Å². The first-order valence-electron chi connectivity index (χ1n) is 12.0. The Morgan fingerprint density at radius 3 is 2.34 bits per heavy atom. The van der Waals surface area contributed by atoms with Crippen LogP contribution in [0.1, 0.15) is 15.9 Å². The van der Waals surface area contributed by atoms with Gasteiger partial charge in [-0.15, -0.1) is 0 Å². The number of halogens is 1. The molecule has 0 saturated carbocycles. The van der Waals surface area contributed by atoms with Gasteiger partial charge in [-0.2, -0.15) is 10.1 Å². The van der Waals surface area contributed by atoms with Crippen molar-refractivity contribution in [2.24, 2.45) is 5.10 Å². The summed E-state index contributed by atoms with van der Waals surface area (Å²) in [7, 11) is -2.41. The molecule has 4 aromatic carbocycles. The van der Waals surface area contributed by atoms with Crippen LogP contribution in [0.4, 0.5) is 16.5 Å². The molecule has 0 atom stereocenters. The molecule has 0 N–H and O–H groups in total. The molecule has 13 heteroatoms. The molecule has 0 spiro atoms. The number of hydrogen-bond acceptors (Lipinski definition) is 8. The summed E-state index contributed by atoms with van der Waals surface area (Å²) < 4.78 is 29.2. The van der Waals surface area contributed by atoms with Crippen molar-refractivity contribution < 1.29 is 18.1 Å². The van der Waals surface area contributed by atoms with Gasteiger partial charge in [-0.05, 0) is 72.3 Å². The Hall–Kier alpha value is -4.46. The first-order chi connectivity index (χ1) is 19.6. The summed E-state index contributed by atoms with van der Waals surface area (Å²) in [6.07, 6.45) is 1.40. The highest BCUT2D eigenvalue weighted by Crippen LogP contribution is 2.32. The largest absolute Gasteiger partial charge is 0.280 e. The molecule has 1 aromatic heterocycles. The summed E-state index contributed by atoms with van der Waals surface area (Å²) in [6, 6.07) is 25.5. The Morgan fingerprint density at radius 1 is 1.00 bits per heavy atom. The molecule has 5 rings (SSSR count). The van der Waals surface area contributed by atoms with Crippen LogP contribution in [0.2, 0.25) is 0 Å². The summed E-state index contributed by atoms with van der Waals surface area (Å²) in [5.74, 6) is -0.540. The minimum atomic E-state index is -3.87. The van der Waals surface area contributed by atoms with Gasteiger partial charge in [0.25, 0.3) is 21.6 Å². The number of rotatable bonds is 8. The lowest BCUT2D eigenvalue weighted by atomic mass is 10.2. The minimum Gasteiger partial charge on any atom is -0.269 e. The second kappa shape index (κ2) is 11.6. The van der Waals surface area contributed by atoms with E-state index >= 15 is 0 Å². The van der Waals surface area contributed by atoms with Crippen LogP contribution in [0.15, 0.2) is 112 Å². The number of nitro groups is 1. The predicted octanol–water partition coefficient (Wildman–Crippen LogP) is 6.47. The fraction of sp³-hybridized carbons (Fsp3) is 0.0357. The van der Waals surface area contributed by atoms with Gasteiger partial charge >= 0.3 is 0 Å². The molecule has 1 heterocycles. The number of hydrazone groups is 1. The third kappa shape index (κ3) is 6.01. The molecule has 0 radical (unpaired) electrons. The topological polar surface area (TPSA) is 126 Å².